The van der Waals surface area contributed by atoms with Crippen molar-refractivity contribution in [2.45, 2.75) is 52.7 Å². The van der Waals surface area contributed by atoms with E-state index in [9.17, 15) is 9.59 Å². The molecule has 0 saturated carbocycles. The van der Waals surface area contributed by atoms with E-state index < -0.39 is 23.4 Å². The molecule has 0 unspecified atom stereocenters. The summed E-state index contributed by atoms with van der Waals surface area (Å²) in [6.45, 7) is 10.8. The molecular weight excluding hydrogens is 308 g/mol. The summed E-state index contributed by atoms with van der Waals surface area (Å²) >= 11 is 0. The van der Waals surface area contributed by atoms with E-state index in [0.717, 1.165) is 0 Å². The lowest BCUT2D eigenvalue weighted by Crippen LogP contribution is -2.37. The van der Waals surface area contributed by atoms with E-state index in [1.807, 2.05) is 0 Å². The Morgan fingerprint density at radius 2 is 1.04 bits per heavy atom. The Morgan fingerprint density at radius 3 is 1.29 bits per heavy atom. The van der Waals surface area contributed by atoms with E-state index in [1.165, 1.54) is 9.80 Å². The van der Waals surface area contributed by atoms with Crippen molar-refractivity contribution in [3.8, 4) is 0 Å². The Bertz CT molecular complexity index is 547. The van der Waals surface area contributed by atoms with E-state index in [-0.39, 0.29) is 0 Å². The zero-order valence-electron chi connectivity index (χ0n) is 15.8. The summed E-state index contributed by atoms with van der Waals surface area (Å²) in [4.78, 5) is 27.4. The molecule has 0 saturated heterocycles. The van der Waals surface area contributed by atoms with Gasteiger partial charge in [-0.2, -0.15) is 0 Å². The number of ether oxygens (including phenoxy) is 2. The molecule has 1 rings (SSSR count). The van der Waals surface area contributed by atoms with Crippen LogP contribution < -0.4 is 9.80 Å². The van der Waals surface area contributed by atoms with Gasteiger partial charge in [0.15, 0.2) is 0 Å². The molecule has 0 aliphatic heterocycles. The van der Waals surface area contributed by atoms with Gasteiger partial charge in [-0.3, -0.25) is 9.80 Å². The van der Waals surface area contributed by atoms with Crippen molar-refractivity contribution in [3.05, 3.63) is 24.3 Å². The highest BCUT2D eigenvalue weighted by Crippen LogP contribution is 2.29. The average Bonchev–Trinajstić information content (AvgIpc) is 2.42. The van der Waals surface area contributed by atoms with Crippen LogP contribution in [0.5, 0.6) is 0 Å². The number of rotatable bonds is 2. The summed E-state index contributed by atoms with van der Waals surface area (Å²) < 4.78 is 10.8. The van der Waals surface area contributed by atoms with Gasteiger partial charge in [0.05, 0.1) is 11.4 Å². The summed E-state index contributed by atoms with van der Waals surface area (Å²) in [6.07, 6.45) is -0.986. The fourth-order valence-corrected chi connectivity index (χ4v) is 1.89. The van der Waals surface area contributed by atoms with Crippen LogP contribution in [0.2, 0.25) is 0 Å². The first-order valence-electron chi connectivity index (χ1n) is 7.84. The Kier molecular flexibility index (Phi) is 5.87. The molecule has 24 heavy (non-hydrogen) atoms. The van der Waals surface area contributed by atoms with Gasteiger partial charge in [-0.15, -0.1) is 0 Å². The smallest absolute Gasteiger partial charge is 0.414 e. The first-order chi connectivity index (χ1) is 10.8. The van der Waals surface area contributed by atoms with E-state index >= 15 is 0 Å². The first-order valence-corrected chi connectivity index (χ1v) is 7.84. The largest absolute Gasteiger partial charge is 0.443 e. The van der Waals surface area contributed by atoms with Gasteiger partial charge < -0.3 is 9.47 Å². The van der Waals surface area contributed by atoms with E-state index in [0.29, 0.717) is 11.4 Å². The lowest BCUT2D eigenvalue weighted by Gasteiger charge is -2.29. The maximum Gasteiger partial charge on any atom is 0.414 e. The number of nitrogens with zero attached hydrogens (tertiary/aromatic N) is 2. The molecule has 2 amide bonds. The zero-order chi connectivity index (χ0) is 18.7. The fraction of sp³-hybridized carbons (Fsp3) is 0.556. The van der Waals surface area contributed by atoms with Crippen molar-refractivity contribution in [1.82, 2.24) is 0 Å². The molecule has 0 aromatic heterocycles. The van der Waals surface area contributed by atoms with Crippen LogP contribution in [0.1, 0.15) is 41.5 Å². The maximum atomic E-state index is 12.3. The maximum absolute atomic E-state index is 12.3. The zero-order valence-corrected chi connectivity index (χ0v) is 15.8. The summed E-state index contributed by atoms with van der Waals surface area (Å²) in [5, 5.41) is 0. The van der Waals surface area contributed by atoms with Crippen LogP contribution in [-0.4, -0.2) is 37.5 Å². The minimum Gasteiger partial charge on any atom is -0.443 e. The van der Waals surface area contributed by atoms with Crippen LogP contribution >= 0.6 is 0 Å². The summed E-state index contributed by atoms with van der Waals surface area (Å²) in [5.74, 6) is 0. The van der Waals surface area contributed by atoms with Crippen LogP contribution in [0.15, 0.2) is 24.3 Å². The van der Waals surface area contributed by atoms with Gasteiger partial charge in [-0.25, -0.2) is 9.59 Å². The number of anilines is 2. The normalized spacial score (nSPS) is 11.7. The Labute approximate surface area is 144 Å². The highest BCUT2D eigenvalue weighted by molar-refractivity contribution is 5.97. The summed E-state index contributed by atoms with van der Waals surface area (Å²) in [5.41, 5.74) is -0.0884. The number of hydrogen-bond donors (Lipinski definition) is 0. The van der Waals surface area contributed by atoms with Gasteiger partial charge in [0.25, 0.3) is 0 Å². The average molecular weight is 336 g/mol. The standard InChI is InChI=1S/C18H28N2O4/c1-17(2,3)23-15(21)19(7)13-11-9-10-12-14(13)20(8)16(22)24-18(4,5)6/h9-12H,1-8H3. The molecule has 6 nitrogen and oxygen atoms in total. The van der Waals surface area contributed by atoms with Crippen LogP contribution in [0.4, 0.5) is 21.0 Å². The Balaban J connectivity index is 3.07. The SMILES string of the molecule is CN(C(=O)OC(C)(C)C)c1ccccc1N(C)C(=O)OC(C)(C)C. The third kappa shape index (κ3) is 5.76. The van der Waals surface area contributed by atoms with Crippen molar-refractivity contribution in [2.24, 2.45) is 0 Å². The number of benzene rings is 1. The molecule has 0 aliphatic carbocycles. The lowest BCUT2D eigenvalue weighted by molar-refractivity contribution is 0.0572. The van der Waals surface area contributed by atoms with Gasteiger partial charge in [0.1, 0.15) is 11.2 Å². The molecule has 0 heterocycles. The molecule has 1 aromatic rings. The first kappa shape index (κ1) is 19.8. The topological polar surface area (TPSA) is 59.1 Å². The van der Waals surface area contributed by atoms with E-state index in [2.05, 4.69) is 0 Å². The van der Waals surface area contributed by atoms with Gasteiger partial charge in [0, 0.05) is 14.1 Å². The third-order valence-electron chi connectivity index (χ3n) is 2.94. The van der Waals surface area contributed by atoms with Crippen molar-refractivity contribution < 1.29 is 19.1 Å². The van der Waals surface area contributed by atoms with Crippen molar-refractivity contribution in [3.63, 3.8) is 0 Å². The summed E-state index contributed by atoms with van der Waals surface area (Å²) in [7, 11) is 3.21. The molecule has 0 atom stereocenters. The predicted molar refractivity (Wildman–Crippen MR) is 95.7 cm³/mol. The predicted octanol–water partition coefficient (Wildman–Crippen LogP) is 4.43. The number of hydrogen-bond acceptors (Lipinski definition) is 4. The number of carbonyl (C=O) groups excluding carboxylic acids is 2. The van der Waals surface area contributed by atoms with Gasteiger partial charge in [-0.1, -0.05) is 12.1 Å². The lowest BCUT2D eigenvalue weighted by atomic mass is 10.2. The monoisotopic (exact) mass is 336 g/mol. The molecule has 0 bridgehead atoms. The second-order valence-corrected chi connectivity index (χ2v) is 7.57. The molecule has 0 radical (unpaired) electrons. The second kappa shape index (κ2) is 7.11. The Hall–Kier alpha value is -2.24. The quantitative estimate of drug-likeness (QED) is 0.801. The number of para-hydroxylation sites is 2. The fourth-order valence-electron chi connectivity index (χ4n) is 1.89. The Morgan fingerprint density at radius 1 is 0.750 bits per heavy atom. The second-order valence-electron chi connectivity index (χ2n) is 7.57. The molecule has 134 valence electrons. The van der Waals surface area contributed by atoms with E-state index in [1.54, 1.807) is 79.9 Å². The molecule has 0 spiro atoms. The van der Waals surface area contributed by atoms with Crippen LogP contribution in [0.3, 0.4) is 0 Å². The van der Waals surface area contributed by atoms with Crippen molar-refractivity contribution in [2.75, 3.05) is 23.9 Å². The molecule has 0 aliphatic rings. The molecule has 0 N–H and O–H groups in total. The molecule has 0 fully saturated rings. The molecule has 1 aromatic carbocycles. The molecule has 6 heteroatoms. The van der Waals surface area contributed by atoms with Gasteiger partial charge in [-0.05, 0) is 53.7 Å². The van der Waals surface area contributed by atoms with Gasteiger partial charge >= 0.3 is 12.2 Å². The highest BCUT2D eigenvalue weighted by atomic mass is 16.6. The minimum absolute atomic E-state index is 0.493. The third-order valence-corrected chi connectivity index (χ3v) is 2.94. The molecular formula is C18H28N2O4. The van der Waals surface area contributed by atoms with Crippen molar-refractivity contribution >= 4 is 23.6 Å². The van der Waals surface area contributed by atoms with E-state index in [4.69, 9.17) is 9.47 Å². The van der Waals surface area contributed by atoms with Crippen LogP contribution in [-0.2, 0) is 9.47 Å². The van der Waals surface area contributed by atoms with Gasteiger partial charge in [0.2, 0.25) is 0 Å². The highest BCUT2D eigenvalue weighted by Gasteiger charge is 2.26. The van der Waals surface area contributed by atoms with Crippen LogP contribution in [0.25, 0.3) is 0 Å². The number of carbonyl (C=O) groups is 2. The summed E-state index contributed by atoms with van der Waals surface area (Å²) in [6, 6.07) is 7.09. The van der Waals surface area contributed by atoms with Crippen molar-refractivity contribution in [1.29, 1.82) is 0 Å². The minimum atomic E-state index is -0.600. The number of amides is 2. The van der Waals surface area contributed by atoms with Crippen LogP contribution in [0, 0.1) is 0 Å².